The van der Waals surface area contributed by atoms with E-state index in [1.165, 1.54) is 12.1 Å². The van der Waals surface area contributed by atoms with Crippen molar-refractivity contribution in [2.45, 2.75) is 71.6 Å². The van der Waals surface area contributed by atoms with Crippen molar-refractivity contribution in [3.8, 4) is 0 Å². The predicted molar refractivity (Wildman–Crippen MR) is 110 cm³/mol. The topological polar surface area (TPSA) is 82.8 Å². The van der Waals surface area contributed by atoms with Gasteiger partial charge in [0.25, 0.3) is 5.69 Å². The summed E-state index contributed by atoms with van der Waals surface area (Å²) >= 11 is 0. The number of non-ortho nitro benzene ring substituents is 1. The number of benzene rings is 1. The highest BCUT2D eigenvalue weighted by Crippen LogP contribution is 2.14. The molecule has 0 amide bonds. The van der Waals surface area contributed by atoms with E-state index in [0.717, 1.165) is 43.9 Å². The Bertz CT molecular complexity index is 622. The van der Waals surface area contributed by atoms with Crippen molar-refractivity contribution in [1.82, 2.24) is 15.5 Å². The highest BCUT2D eigenvalue weighted by Gasteiger charge is 2.21. The molecule has 1 fully saturated rings. The van der Waals surface area contributed by atoms with Gasteiger partial charge in [0.2, 0.25) is 0 Å². The molecule has 1 atom stereocenters. The number of rotatable bonds is 7. The Kier molecular flexibility index (Phi) is 8.03. The van der Waals surface area contributed by atoms with Crippen LogP contribution in [-0.2, 0) is 6.54 Å². The van der Waals surface area contributed by atoms with Crippen LogP contribution < -0.4 is 10.6 Å². The van der Waals surface area contributed by atoms with E-state index in [0.29, 0.717) is 24.7 Å². The molecular formula is C20H33N5O2. The molecule has 150 valence electrons. The SMILES string of the molecule is CCC(C)NC(=NCc1ccc([N+](=O)[O-])cc1)NC1CCN(C(C)C)CC1. The van der Waals surface area contributed by atoms with Crippen LogP contribution in [0.3, 0.4) is 0 Å². The summed E-state index contributed by atoms with van der Waals surface area (Å²) < 4.78 is 0. The summed E-state index contributed by atoms with van der Waals surface area (Å²) in [6.07, 6.45) is 3.23. The number of hydrogen-bond acceptors (Lipinski definition) is 4. The van der Waals surface area contributed by atoms with E-state index in [1.807, 2.05) is 0 Å². The standard InChI is InChI=1S/C20H33N5O2/c1-5-16(4)22-20(23-18-10-12-24(13-11-18)15(2)3)21-14-17-6-8-19(9-7-17)25(26)27/h6-9,15-16,18H,5,10-14H2,1-4H3,(H2,21,22,23). The lowest BCUT2D eigenvalue weighted by atomic mass is 10.0. The number of aliphatic imine (C=N–C) groups is 1. The Morgan fingerprint density at radius 1 is 1.26 bits per heavy atom. The molecule has 0 bridgehead atoms. The van der Waals surface area contributed by atoms with Crippen LogP contribution in [0.25, 0.3) is 0 Å². The molecule has 1 unspecified atom stereocenters. The molecule has 27 heavy (non-hydrogen) atoms. The molecule has 0 saturated carbocycles. The lowest BCUT2D eigenvalue weighted by Crippen LogP contribution is -2.51. The summed E-state index contributed by atoms with van der Waals surface area (Å²) in [5.41, 5.74) is 1.07. The minimum atomic E-state index is -0.381. The van der Waals surface area contributed by atoms with Gasteiger partial charge >= 0.3 is 0 Å². The van der Waals surface area contributed by atoms with Crippen LogP contribution in [0, 0.1) is 10.1 Å². The largest absolute Gasteiger partial charge is 0.354 e. The molecule has 2 rings (SSSR count). The third kappa shape index (κ3) is 6.82. The van der Waals surface area contributed by atoms with E-state index in [4.69, 9.17) is 4.99 Å². The van der Waals surface area contributed by atoms with Crippen molar-refractivity contribution < 1.29 is 4.92 Å². The van der Waals surface area contributed by atoms with E-state index in [-0.39, 0.29) is 10.6 Å². The molecule has 7 nitrogen and oxygen atoms in total. The van der Waals surface area contributed by atoms with Gasteiger partial charge < -0.3 is 15.5 Å². The second-order valence-electron chi connectivity index (χ2n) is 7.59. The zero-order valence-electron chi connectivity index (χ0n) is 16.9. The summed E-state index contributed by atoms with van der Waals surface area (Å²) in [5.74, 6) is 0.825. The molecule has 1 aliphatic rings. The third-order valence-corrected chi connectivity index (χ3v) is 5.16. The number of hydrogen-bond donors (Lipinski definition) is 2. The van der Waals surface area contributed by atoms with Gasteiger partial charge in [0, 0.05) is 43.3 Å². The van der Waals surface area contributed by atoms with Crippen molar-refractivity contribution in [1.29, 1.82) is 0 Å². The Balaban J connectivity index is 1.98. The average Bonchev–Trinajstić information content (AvgIpc) is 2.66. The molecule has 0 radical (unpaired) electrons. The number of nitrogens with zero attached hydrogens (tertiary/aromatic N) is 3. The molecule has 1 heterocycles. The molecule has 0 aromatic heterocycles. The Labute approximate surface area is 162 Å². The van der Waals surface area contributed by atoms with Gasteiger partial charge in [-0.15, -0.1) is 0 Å². The van der Waals surface area contributed by atoms with E-state index in [2.05, 4.69) is 43.2 Å². The molecule has 7 heteroatoms. The van der Waals surface area contributed by atoms with Crippen molar-refractivity contribution in [3.05, 3.63) is 39.9 Å². The van der Waals surface area contributed by atoms with E-state index in [9.17, 15) is 10.1 Å². The Hall–Kier alpha value is -2.15. The summed E-state index contributed by atoms with van der Waals surface area (Å²) in [6, 6.07) is 7.95. The first-order valence-electron chi connectivity index (χ1n) is 9.94. The maximum atomic E-state index is 10.8. The maximum Gasteiger partial charge on any atom is 0.269 e. The molecule has 1 aromatic rings. The van der Waals surface area contributed by atoms with Crippen LogP contribution in [0.4, 0.5) is 5.69 Å². The van der Waals surface area contributed by atoms with Crippen LogP contribution in [0.2, 0.25) is 0 Å². The van der Waals surface area contributed by atoms with Gasteiger partial charge in [-0.25, -0.2) is 4.99 Å². The molecule has 0 aliphatic carbocycles. The van der Waals surface area contributed by atoms with E-state index in [1.54, 1.807) is 12.1 Å². The second-order valence-corrected chi connectivity index (χ2v) is 7.59. The van der Waals surface area contributed by atoms with Crippen LogP contribution in [0.15, 0.2) is 29.3 Å². The zero-order chi connectivity index (χ0) is 19.8. The first kappa shape index (κ1) is 21.2. The van der Waals surface area contributed by atoms with Crippen molar-refractivity contribution in [2.24, 2.45) is 4.99 Å². The van der Waals surface area contributed by atoms with Gasteiger partial charge in [0.1, 0.15) is 0 Å². The molecule has 0 spiro atoms. The number of piperidine rings is 1. The molecule has 1 aliphatic heterocycles. The quantitative estimate of drug-likeness (QED) is 0.331. The Morgan fingerprint density at radius 3 is 2.41 bits per heavy atom. The van der Waals surface area contributed by atoms with Crippen molar-refractivity contribution in [3.63, 3.8) is 0 Å². The summed E-state index contributed by atoms with van der Waals surface area (Å²) in [6.45, 7) is 11.5. The van der Waals surface area contributed by atoms with Crippen molar-refractivity contribution in [2.75, 3.05) is 13.1 Å². The first-order valence-corrected chi connectivity index (χ1v) is 9.94. The molecule has 2 N–H and O–H groups in total. The normalized spacial score (nSPS) is 17.7. The van der Waals surface area contributed by atoms with Crippen LogP contribution in [0.1, 0.15) is 52.5 Å². The predicted octanol–water partition coefficient (Wildman–Crippen LogP) is 3.30. The third-order valence-electron chi connectivity index (χ3n) is 5.16. The van der Waals surface area contributed by atoms with Gasteiger partial charge in [0.15, 0.2) is 5.96 Å². The van der Waals surface area contributed by atoms with Crippen LogP contribution >= 0.6 is 0 Å². The monoisotopic (exact) mass is 375 g/mol. The van der Waals surface area contributed by atoms with Crippen LogP contribution in [-0.4, -0.2) is 47.0 Å². The highest BCUT2D eigenvalue weighted by molar-refractivity contribution is 5.80. The highest BCUT2D eigenvalue weighted by atomic mass is 16.6. The summed E-state index contributed by atoms with van der Waals surface area (Å²) in [5, 5.41) is 17.8. The van der Waals surface area contributed by atoms with E-state index < -0.39 is 0 Å². The molecule has 1 aromatic carbocycles. The van der Waals surface area contributed by atoms with Gasteiger partial charge in [0.05, 0.1) is 11.5 Å². The van der Waals surface area contributed by atoms with Crippen molar-refractivity contribution >= 4 is 11.6 Å². The van der Waals surface area contributed by atoms with Gasteiger partial charge in [-0.2, -0.15) is 0 Å². The zero-order valence-corrected chi connectivity index (χ0v) is 16.9. The van der Waals surface area contributed by atoms with Gasteiger partial charge in [-0.3, -0.25) is 10.1 Å². The maximum absolute atomic E-state index is 10.8. The number of likely N-dealkylation sites (tertiary alicyclic amines) is 1. The fraction of sp³-hybridized carbons (Fsp3) is 0.650. The van der Waals surface area contributed by atoms with Gasteiger partial charge in [-0.1, -0.05) is 19.1 Å². The van der Waals surface area contributed by atoms with E-state index >= 15 is 0 Å². The lowest BCUT2D eigenvalue weighted by molar-refractivity contribution is -0.384. The smallest absolute Gasteiger partial charge is 0.269 e. The fourth-order valence-corrected chi connectivity index (χ4v) is 3.12. The average molecular weight is 376 g/mol. The molecular weight excluding hydrogens is 342 g/mol. The lowest BCUT2D eigenvalue weighted by Gasteiger charge is -2.35. The number of nitro groups is 1. The van der Waals surface area contributed by atoms with Crippen LogP contribution in [0.5, 0.6) is 0 Å². The second kappa shape index (κ2) is 10.3. The minimum absolute atomic E-state index is 0.107. The fourth-order valence-electron chi connectivity index (χ4n) is 3.12. The Morgan fingerprint density at radius 2 is 1.89 bits per heavy atom. The minimum Gasteiger partial charge on any atom is -0.354 e. The summed E-state index contributed by atoms with van der Waals surface area (Å²) in [7, 11) is 0. The first-order chi connectivity index (χ1) is 12.9. The number of nitro benzene ring substituents is 1. The number of nitrogens with one attached hydrogen (secondary N) is 2. The molecule has 1 saturated heterocycles. The number of guanidine groups is 1. The summed E-state index contributed by atoms with van der Waals surface area (Å²) in [4.78, 5) is 17.6. The van der Waals surface area contributed by atoms with Gasteiger partial charge in [-0.05, 0) is 45.6 Å².